The molecule has 7 nitrogen and oxygen atoms in total. The van der Waals surface area contributed by atoms with E-state index < -0.39 is 33.9 Å². The molecule has 2 fully saturated rings. The molecule has 0 spiro atoms. The number of hydrogen-bond acceptors (Lipinski definition) is 6. The number of fused-ring (bicyclic) bond motifs is 2. The zero-order chi connectivity index (χ0) is 17.3. The van der Waals surface area contributed by atoms with Gasteiger partial charge >= 0.3 is 5.97 Å². The summed E-state index contributed by atoms with van der Waals surface area (Å²) in [6, 6.07) is 0. The highest BCUT2D eigenvalue weighted by molar-refractivity contribution is 7.73. The number of carbonyl (C=O) groups excluding carboxylic acids is 2. The molecule has 8 heteroatoms. The van der Waals surface area contributed by atoms with Crippen LogP contribution < -0.4 is 5.32 Å². The maximum atomic E-state index is 11.9. The normalized spacial score (nSPS) is 35.3. The predicted molar refractivity (Wildman–Crippen MR) is 83.4 cm³/mol. The Balaban J connectivity index is 2.03. The number of rotatable bonds is 6. The van der Waals surface area contributed by atoms with Crippen molar-refractivity contribution in [3.05, 3.63) is 12.2 Å². The minimum absolute atomic E-state index is 0.0383. The highest BCUT2D eigenvalue weighted by atomic mass is 32.2. The average Bonchev–Trinajstić information content (AvgIpc) is 2.99. The lowest BCUT2D eigenvalue weighted by Crippen LogP contribution is -2.48. The van der Waals surface area contributed by atoms with Crippen LogP contribution in [0.25, 0.3) is 0 Å². The monoisotopic (exact) mass is 345 g/mol. The van der Waals surface area contributed by atoms with Gasteiger partial charge in [-0.2, -0.15) is 0 Å². The molecule has 2 bridgehead atoms. The summed E-state index contributed by atoms with van der Waals surface area (Å²) in [7, 11) is -1.15. The zero-order valence-corrected chi connectivity index (χ0v) is 14.4. The molecule has 0 heterocycles. The smallest absolute Gasteiger partial charge is 0.325 e. The van der Waals surface area contributed by atoms with Gasteiger partial charge in [-0.25, -0.2) is 8.42 Å². The van der Waals surface area contributed by atoms with E-state index in [1.54, 1.807) is 7.11 Å². The first kappa shape index (κ1) is 17.9. The molecule has 6 atom stereocenters. The summed E-state index contributed by atoms with van der Waals surface area (Å²) in [5.41, 5.74) is 0.287. The lowest BCUT2D eigenvalue weighted by molar-refractivity contribution is -0.153. The molecule has 0 radical (unpaired) electrons. The van der Waals surface area contributed by atoms with Crippen molar-refractivity contribution in [3.8, 4) is 0 Å². The summed E-state index contributed by atoms with van der Waals surface area (Å²) in [5.74, 6) is -1.14. The summed E-state index contributed by atoms with van der Waals surface area (Å²) in [6.07, 6.45) is -0.128. The van der Waals surface area contributed by atoms with Crippen molar-refractivity contribution in [3.63, 3.8) is 0 Å². The van der Waals surface area contributed by atoms with E-state index in [1.165, 1.54) is 6.92 Å². The van der Waals surface area contributed by atoms with Gasteiger partial charge < -0.3 is 14.8 Å². The van der Waals surface area contributed by atoms with Gasteiger partial charge in [0.2, 0.25) is 5.91 Å². The molecular weight excluding hydrogens is 322 g/mol. The van der Waals surface area contributed by atoms with Crippen molar-refractivity contribution in [1.29, 1.82) is 0 Å². The van der Waals surface area contributed by atoms with Crippen LogP contribution in [0.2, 0.25) is 0 Å². The molecule has 1 amide bonds. The molecule has 2 saturated carbocycles. The summed E-state index contributed by atoms with van der Waals surface area (Å²) >= 11 is 0. The fourth-order valence-electron chi connectivity index (χ4n) is 3.88. The Bertz CT molecular complexity index is 579. The van der Waals surface area contributed by atoms with Crippen LogP contribution in [0.4, 0.5) is 0 Å². The van der Waals surface area contributed by atoms with Crippen LogP contribution in [-0.2, 0) is 29.8 Å². The van der Waals surface area contributed by atoms with Gasteiger partial charge in [-0.1, -0.05) is 13.5 Å². The molecule has 23 heavy (non-hydrogen) atoms. The van der Waals surface area contributed by atoms with Crippen molar-refractivity contribution in [2.75, 3.05) is 13.7 Å². The van der Waals surface area contributed by atoms with Crippen LogP contribution in [0.15, 0.2) is 12.2 Å². The SMILES string of the molecule is C=C(C)C(=O)NCC(=O)OC1C2CC(C(OC)C2C)C1[SH](=O)=O. The van der Waals surface area contributed by atoms with E-state index in [0.29, 0.717) is 6.42 Å². The van der Waals surface area contributed by atoms with Gasteiger partial charge in [-0.3, -0.25) is 9.59 Å². The van der Waals surface area contributed by atoms with E-state index in [0.717, 1.165) is 0 Å². The van der Waals surface area contributed by atoms with Gasteiger partial charge in [0, 0.05) is 24.5 Å². The molecule has 0 saturated heterocycles. The van der Waals surface area contributed by atoms with Gasteiger partial charge in [0.25, 0.3) is 0 Å². The second-order valence-corrected chi connectivity index (χ2v) is 7.48. The molecule has 2 rings (SSSR count). The minimum atomic E-state index is -2.73. The third-order valence-corrected chi connectivity index (χ3v) is 6.08. The topological polar surface area (TPSA) is 98.8 Å². The Hall–Kier alpha value is -1.41. The number of carbonyl (C=O) groups is 2. The van der Waals surface area contributed by atoms with Gasteiger partial charge in [0.1, 0.15) is 28.6 Å². The first-order valence-electron chi connectivity index (χ1n) is 7.57. The van der Waals surface area contributed by atoms with E-state index in [1.807, 2.05) is 6.92 Å². The second-order valence-electron chi connectivity index (χ2n) is 6.32. The van der Waals surface area contributed by atoms with Crippen molar-refractivity contribution in [2.45, 2.75) is 37.7 Å². The van der Waals surface area contributed by atoms with E-state index in [9.17, 15) is 18.0 Å². The highest BCUT2D eigenvalue weighted by Crippen LogP contribution is 2.51. The van der Waals surface area contributed by atoms with Gasteiger partial charge in [0.15, 0.2) is 0 Å². The first-order chi connectivity index (χ1) is 10.8. The molecule has 130 valence electrons. The van der Waals surface area contributed by atoms with Gasteiger partial charge in [0.05, 0.1) is 6.10 Å². The van der Waals surface area contributed by atoms with Gasteiger partial charge in [-0.05, 0) is 19.3 Å². The summed E-state index contributed by atoms with van der Waals surface area (Å²) in [6.45, 7) is 6.68. The van der Waals surface area contributed by atoms with Crippen LogP contribution in [0.1, 0.15) is 20.3 Å². The fraction of sp³-hybridized carbons (Fsp3) is 0.733. The maximum absolute atomic E-state index is 11.9. The lowest BCUT2D eigenvalue weighted by Gasteiger charge is -2.36. The molecule has 0 aromatic carbocycles. The van der Waals surface area contributed by atoms with Crippen LogP contribution in [0.5, 0.6) is 0 Å². The van der Waals surface area contributed by atoms with Crippen molar-refractivity contribution in [1.82, 2.24) is 5.32 Å². The van der Waals surface area contributed by atoms with Crippen LogP contribution in [-0.4, -0.2) is 51.4 Å². The number of methoxy groups -OCH3 is 1. The molecule has 2 aliphatic carbocycles. The number of esters is 1. The number of thiol groups is 1. The summed E-state index contributed by atoms with van der Waals surface area (Å²) in [4.78, 5) is 23.3. The summed E-state index contributed by atoms with van der Waals surface area (Å²) < 4.78 is 34.0. The highest BCUT2D eigenvalue weighted by Gasteiger charge is 2.60. The predicted octanol–water partition coefficient (Wildman–Crippen LogP) is -0.129. The van der Waals surface area contributed by atoms with E-state index >= 15 is 0 Å². The third kappa shape index (κ3) is 3.42. The minimum Gasteiger partial charge on any atom is -0.459 e. The van der Waals surface area contributed by atoms with Crippen molar-refractivity contribution >= 4 is 22.6 Å². The molecular formula is C15H23NO6S. The second kappa shape index (κ2) is 7.00. The zero-order valence-electron chi connectivity index (χ0n) is 13.5. The number of amides is 1. The Morgan fingerprint density at radius 1 is 1.26 bits per heavy atom. The number of hydrogen-bond donors (Lipinski definition) is 2. The first-order valence-corrected chi connectivity index (χ1v) is 8.82. The Labute approximate surface area is 137 Å². The van der Waals surface area contributed by atoms with E-state index in [2.05, 4.69) is 11.9 Å². The molecule has 0 aromatic heterocycles. The molecule has 0 aliphatic heterocycles. The van der Waals surface area contributed by atoms with Gasteiger partial charge in [-0.15, -0.1) is 0 Å². The van der Waals surface area contributed by atoms with Crippen molar-refractivity contribution in [2.24, 2.45) is 17.8 Å². The quantitative estimate of drug-likeness (QED) is 0.395. The lowest BCUT2D eigenvalue weighted by atomic mass is 9.85. The fourth-order valence-corrected chi connectivity index (χ4v) is 5.01. The van der Waals surface area contributed by atoms with Crippen LogP contribution in [0, 0.1) is 17.8 Å². The van der Waals surface area contributed by atoms with Crippen LogP contribution >= 0.6 is 0 Å². The largest absolute Gasteiger partial charge is 0.459 e. The van der Waals surface area contributed by atoms with Crippen molar-refractivity contribution < 1.29 is 27.5 Å². The number of nitrogens with one attached hydrogen (secondary N) is 1. The standard InChI is InChI=1S/C15H23NO6S/c1-7(2)15(18)16-6-11(17)22-13-9-5-10(14(13)23(19)20)12(21-4)8(9)3/h8-10,12-14,23H,1,5-6H2,2-4H3,(H,16,18). The Kier molecular flexibility index (Phi) is 5.46. The molecule has 0 aromatic rings. The Morgan fingerprint density at radius 3 is 2.43 bits per heavy atom. The molecule has 1 N–H and O–H groups in total. The Morgan fingerprint density at radius 2 is 1.91 bits per heavy atom. The van der Waals surface area contributed by atoms with E-state index in [-0.39, 0.29) is 36.0 Å². The average molecular weight is 345 g/mol. The molecule has 2 aliphatic rings. The third-order valence-electron chi connectivity index (χ3n) is 4.92. The maximum Gasteiger partial charge on any atom is 0.325 e. The number of ether oxygens (including phenoxy) is 2. The summed E-state index contributed by atoms with van der Waals surface area (Å²) in [5, 5.41) is 1.66. The molecule has 6 unspecified atom stereocenters. The van der Waals surface area contributed by atoms with Crippen LogP contribution in [0.3, 0.4) is 0 Å². The van der Waals surface area contributed by atoms with E-state index in [4.69, 9.17) is 9.47 Å².